The van der Waals surface area contributed by atoms with Crippen molar-refractivity contribution in [2.75, 3.05) is 19.8 Å². The van der Waals surface area contributed by atoms with Gasteiger partial charge in [-0.25, -0.2) is 0 Å². The Morgan fingerprint density at radius 1 is 1.14 bits per heavy atom. The number of ether oxygens (including phenoxy) is 2. The zero-order valence-electron chi connectivity index (χ0n) is 14.5. The van der Waals surface area contributed by atoms with Crippen LogP contribution in [0.1, 0.15) is 66.2 Å². The van der Waals surface area contributed by atoms with Crippen molar-refractivity contribution in [3.63, 3.8) is 0 Å². The van der Waals surface area contributed by atoms with Crippen LogP contribution >= 0.6 is 0 Å². The molecule has 1 unspecified atom stereocenters. The summed E-state index contributed by atoms with van der Waals surface area (Å²) in [6.07, 6.45) is 7.71. The highest BCUT2D eigenvalue weighted by Gasteiger charge is 2.37. The molecule has 0 spiro atoms. The van der Waals surface area contributed by atoms with E-state index in [1.807, 2.05) is 0 Å². The van der Waals surface area contributed by atoms with Gasteiger partial charge in [0.1, 0.15) is 0 Å². The standard InChI is InChI=1S/C18H35NO2/c1-14(2)16-7-9-18(10-8-16,13-19-15(3)4)21-12-17-6-5-11-20-17/h14-17,19H,5-13H2,1-4H3. The predicted octanol–water partition coefficient (Wildman–Crippen LogP) is 3.77. The summed E-state index contributed by atoms with van der Waals surface area (Å²) in [5.41, 5.74) is 0.0433. The molecule has 0 bridgehead atoms. The molecule has 1 saturated carbocycles. The van der Waals surface area contributed by atoms with Crippen molar-refractivity contribution < 1.29 is 9.47 Å². The van der Waals surface area contributed by atoms with Crippen LogP contribution in [0.25, 0.3) is 0 Å². The van der Waals surface area contributed by atoms with E-state index >= 15 is 0 Å². The fourth-order valence-electron chi connectivity index (χ4n) is 3.64. The van der Waals surface area contributed by atoms with Gasteiger partial charge >= 0.3 is 0 Å². The van der Waals surface area contributed by atoms with E-state index in [2.05, 4.69) is 33.0 Å². The highest BCUT2D eigenvalue weighted by molar-refractivity contribution is 4.91. The Hall–Kier alpha value is -0.120. The minimum Gasteiger partial charge on any atom is -0.376 e. The summed E-state index contributed by atoms with van der Waals surface area (Å²) in [5.74, 6) is 1.68. The minimum atomic E-state index is 0.0433. The lowest BCUT2D eigenvalue weighted by molar-refractivity contribution is -0.109. The Balaban J connectivity index is 1.87. The smallest absolute Gasteiger partial charge is 0.0809 e. The summed E-state index contributed by atoms with van der Waals surface area (Å²) >= 11 is 0. The molecule has 1 N–H and O–H groups in total. The van der Waals surface area contributed by atoms with Crippen LogP contribution in [0.5, 0.6) is 0 Å². The molecule has 3 heteroatoms. The number of nitrogens with one attached hydrogen (secondary N) is 1. The van der Waals surface area contributed by atoms with E-state index < -0.39 is 0 Å². The monoisotopic (exact) mass is 297 g/mol. The van der Waals surface area contributed by atoms with Gasteiger partial charge in [0.05, 0.1) is 18.3 Å². The highest BCUT2D eigenvalue weighted by Crippen LogP contribution is 2.38. The summed E-state index contributed by atoms with van der Waals surface area (Å²) < 4.78 is 12.2. The largest absolute Gasteiger partial charge is 0.376 e. The summed E-state index contributed by atoms with van der Waals surface area (Å²) in [6.45, 7) is 11.8. The topological polar surface area (TPSA) is 30.5 Å². The zero-order chi connectivity index (χ0) is 15.3. The van der Waals surface area contributed by atoms with Crippen LogP contribution in [0.3, 0.4) is 0 Å². The molecule has 1 atom stereocenters. The summed E-state index contributed by atoms with van der Waals surface area (Å²) in [6, 6.07) is 0.524. The molecule has 3 nitrogen and oxygen atoms in total. The molecule has 0 radical (unpaired) electrons. The van der Waals surface area contributed by atoms with E-state index in [1.165, 1.54) is 38.5 Å². The van der Waals surface area contributed by atoms with Gasteiger partial charge in [-0.2, -0.15) is 0 Å². The number of hydrogen-bond donors (Lipinski definition) is 1. The fourth-order valence-corrected chi connectivity index (χ4v) is 3.64. The lowest BCUT2D eigenvalue weighted by atomic mass is 9.74. The number of rotatable bonds is 7. The average Bonchev–Trinajstić information content (AvgIpc) is 2.97. The van der Waals surface area contributed by atoms with E-state index in [0.29, 0.717) is 12.1 Å². The van der Waals surface area contributed by atoms with Crippen molar-refractivity contribution in [3.05, 3.63) is 0 Å². The van der Waals surface area contributed by atoms with E-state index in [0.717, 1.165) is 31.6 Å². The third-order valence-corrected chi connectivity index (χ3v) is 5.32. The second kappa shape index (κ2) is 7.94. The fraction of sp³-hybridized carbons (Fsp3) is 1.00. The van der Waals surface area contributed by atoms with Gasteiger partial charge in [0.15, 0.2) is 0 Å². The van der Waals surface area contributed by atoms with Crippen LogP contribution in [-0.4, -0.2) is 37.5 Å². The highest BCUT2D eigenvalue weighted by atomic mass is 16.5. The SMILES string of the molecule is CC(C)NCC1(OCC2CCCO2)CCC(C(C)C)CC1. The minimum absolute atomic E-state index is 0.0433. The third kappa shape index (κ3) is 5.22. The maximum absolute atomic E-state index is 6.45. The van der Waals surface area contributed by atoms with E-state index in [1.54, 1.807) is 0 Å². The second-order valence-corrected chi connectivity index (χ2v) is 7.75. The van der Waals surface area contributed by atoms with E-state index in [9.17, 15) is 0 Å². The van der Waals surface area contributed by atoms with Crippen molar-refractivity contribution in [1.29, 1.82) is 0 Å². The van der Waals surface area contributed by atoms with Gasteiger partial charge < -0.3 is 14.8 Å². The summed E-state index contributed by atoms with van der Waals surface area (Å²) in [4.78, 5) is 0. The average molecular weight is 297 g/mol. The van der Waals surface area contributed by atoms with Gasteiger partial charge in [0.2, 0.25) is 0 Å². The molecule has 124 valence electrons. The molecular weight excluding hydrogens is 262 g/mol. The first-order valence-corrected chi connectivity index (χ1v) is 9.00. The van der Waals surface area contributed by atoms with E-state index in [4.69, 9.17) is 9.47 Å². The third-order valence-electron chi connectivity index (χ3n) is 5.32. The van der Waals surface area contributed by atoms with Crippen molar-refractivity contribution in [2.24, 2.45) is 11.8 Å². The van der Waals surface area contributed by atoms with Gasteiger partial charge in [-0.15, -0.1) is 0 Å². The molecule has 2 aliphatic rings. The molecule has 1 aliphatic carbocycles. The van der Waals surface area contributed by atoms with Crippen LogP contribution in [0.2, 0.25) is 0 Å². The Kier molecular flexibility index (Phi) is 6.51. The lowest BCUT2D eigenvalue weighted by Gasteiger charge is -2.42. The predicted molar refractivity (Wildman–Crippen MR) is 87.6 cm³/mol. The van der Waals surface area contributed by atoms with Crippen molar-refractivity contribution >= 4 is 0 Å². The van der Waals surface area contributed by atoms with E-state index in [-0.39, 0.29) is 5.60 Å². The first kappa shape index (κ1) is 17.2. The normalized spacial score (nSPS) is 34.0. The first-order chi connectivity index (χ1) is 10.0. The van der Waals surface area contributed by atoms with Crippen molar-refractivity contribution in [2.45, 2.75) is 84.0 Å². The molecule has 0 aromatic rings. The molecule has 2 rings (SSSR count). The van der Waals surface area contributed by atoms with Crippen LogP contribution in [-0.2, 0) is 9.47 Å². The van der Waals surface area contributed by atoms with Crippen LogP contribution in [0.4, 0.5) is 0 Å². The van der Waals surface area contributed by atoms with Crippen LogP contribution in [0, 0.1) is 11.8 Å². The van der Waals surface area contributed by atoms with Crippen molar-refractivity contribution in [1.82, 2.24) is 5.32 Å². The molecule has 0 amide bonds. The van der Waals surface area contributed by atoms with Gasteiger partial charge in [-0.05, 0) is 50.4 Å². The first-order valence-electron chi connectivity index (χ1n) is 9.00. The lowest BCUT2D eigenvalue weighted by Crippen LogP contribution is -2.49. The molecule has 1 aliphatic heterocycles. The van der Waals surface area contributed by atoms with Gasteiger partial charge in [-0.1, -0.05) is 27.7 Å². The zero-order valence-corrected chi connectivity index (χ0v) is 14.5. The van der Waals surface area contributed by atoms with Gasteiger partial charge in [-0.3, -0.25) is 0 Å². The molecule has 21 heavy (non-hydrogen) atoms. The maximum atomic E-state index is 6.45. The molecule has 1 saturated heterocycles. The van der Waals surface area contributed by atoms with Crippen LogP contribution in [0.15, 0.2) is 0 Å². The summed E-state index contributed by atoms with van der Waals surface area (Å²) in [7, 11) is 0. The molecular formula is C18H35NO2. The Morgan fingerprint density at radius 2 is 1.86 bits per heavy atom. The Labute approximate surface area is 131 Å². The quantitative estimate of drug-likeness (QED) is 0.776. The number of hydrogen-bond acceptors (Lipinski definition) is 3. The molecule has 0 aromatic carbocycles. The second-order valence-electron chi connectivity index (χ2n) is 7.75. The maximum Gasteiger partial charge on any atom is 0.0809 e. The van der Waals surface area contributed by atoms with Gasteiger partial charge in [0.25, 0.3) is 0 Å². The Bertz CT molecular complexity index is 290. The molecule has 0 aromatic heterocycles. The molecule has 2 fully saturated rings. The van der Waals surface area contributed by atoms with Crippen LogP contribution < -0.4 is 5.32 Å². The van der Waals surface area contributed by atoms with Gasteiger partial charge in [0, 0.05) is 19.2 Å². The summed E-state index contributed by atoms with van der Waals surface area (Å²) in [5, 5.41) is 3.61. The Morgan fingerprint density at radius 3 is 2.38 bits per heavy atom. The van der Waals surface area contributed by atoms with Crippen molar-refractivity contribution in [3.8, 4) is 0 Å². The molecule has 1 heterocycles.